The Morgan fingerprint density at radius 1 is 1.00 bits per heavy atom. The number of allylic oxidation sites excluding steroid dienone is 4. The number of benzene rings is 1. The van der Waals surface area contributed by atoms with Crippen LogP contribution < -0.4 is 9.47 Å². The first kappa shape index (κ1) is 39.5. The molecule has 10 heteroatoms. The van der Waals surface area contributed by atoms with E-state index in [1.54, 1.807) is 11.0 Å². The van der Waals surface area contributed by atoms with Gasteiger partial charge in [0.1, 0.15) is 28.4 Å². The number of aromatic hydroxyl groups is 1. The molecule has 3 unspecified atom stereocenters. The van der Waals surface area contributed by atoms with Crippen molar-refractivity contribution in [2.45, 2.75) is 123 Å². The molecule has 3 saturated carbocycles. The van der Waals surface area contributed by atoms with E-state index >= 15 is 9.59 Å². The summed E-state index contributed by atoms with van der Waals surface area (Å²) in [6.07, 6.45) is 13.9. The van der Waals surface area contributed by atoms with Crippen molar-refractivity contribution < 1.29 is 38.4 Å². The maximum absolute atomic E-state index is 15.7. The van der Waals surface area contributed by atoms with Gasteiger partial charge < -0.3 is 29.0 Å². The molecular weight excluding hydrogens is 697 g/mol. The Morgan fingerprint density at radius 3 is 2.35 bits per heavy atom. The number of carbonyl (C=O) groups is 3. The van der Waals surface area contributed by atoms with Gasteiger partial charge in [0.15, 0.2) is 22.8 Å². The van der Waals surface area contributed by atoms with Gasteiger partial charge in [-0.1, -0.05) is 29.4 Å². The van der Waals surface area contributed by atoms with Crippen molar-refractivity contribution in [2.75, 3.05) is 39.4 Å². The third kappa shape index (κ3) is 6.13. The minimum Gasteiger partial charge on any atom is -0.506 e. The van der Waals surface area contributed by atoms with Crippen LogP contribution in [0.15, 0.2) is 41.5 Å². The van der Waals surface area contributed by atoms with E-state index in [2.05, 4.69) is 30.9 Å². The summed E-state index contributed by atoms with van der Waals surface area (Å²) in [5.74, 6) is -1.53. The average molecular weight is 757 g/mol. The number of likely N-dealkylation sites (N-methyl/N-ethyl adjacent to an activating group) is 1. The summed E-state index contributed by atoms with van der Waals surface area (Å²) in [4.78, 5) is 48.2. The summed E-state index contributed by atoms with van der Waals surface area (Å²) in [5.41, 5.74) is -0.894. The van der Waals surface area contributed by atoms with Gasteiger partial charge in [-0.15, -0.1) is 0 Å². The van der Waals surface area contributed by atoms with Crippen molar-refractivity contribution in [3.63, 3.8) is 0 Å². The zero-order valence-corrected chi connectivity index (χ0v) is 34.3. The second-order valence-corrected chi connectivity index (χ2v) is 17.6. The molecule has 1 aromatic rings. The van der Waals surface area contributed by atoms with Crippen molar-refractivity contribution in [1.82, 2.24) is 9.80 Å². The van der Waals surface area contributed by atoms with E-state index in [-0.39, 0.29) is 46.9 Å². The first-order chi connectivity index (χ1) is 26.1. The van der Waals surface area contributed by atoms with Gasteiger partial charge in [-0.3, -0.25) is 19.3 Å². The van der Waals surface area contributed by atoms with Crippen LogP contribution in [0.5, 0.6) is 17.2 Å². The molecule has 1 amide bonds. The number of nitrogens with zero attached hydrogens (tertiary/aromatic N) is 2. The Balaban J connectivity index is 1.45. The summed E-state index contributed by atoms with van der Waals surface area (Å²) in [5, 5.41) is 12.3. The quantitative estimate of drug-likeness (QED) is 0.188. The highest BCUT2D eigenvalue weighted by Crippen LogP contribution is 2.71. The van der Waals surface area contributed by atoms with Crippen LogP contribution in [0, 0.1) is 17.8 Å². The molecular formula is C45H60N2O8. The monoisotopic (exact) mass is 756 g/mol. The zero-order valence-electron chi connectivity index (χ0n) is 34.3. The number of ether oxygens (including phenoxy) is 4. The first-order valence-electron chi connectivity index (χ1n) is 20.4. The van der Waals surface area contributed by atoms with E-state index in [0.717, 1.165) is 12.0 Å². The van der Waals surface area contributed by atoms with Crippen molar-refractivity contribution >= 4 is 23.5 Å². The predicted molar refractivity (Wildman–Crippen MR) is 212 cm³/mol. The number of fused-ring (bicyclic) bond motifs is 2. The Morgan fingerprint density at radius 2 is 1.69 bits per heavy atom. The summed E-state index contributed by atoms with van der Waals surface area (Å²) < 4.78 is 27.3. The number of ketones is 2. The molecule has 0 radical (unpaired) electrons. The van der Waals surface area contributed by atoms with E-state index < -0.39 is 40.3 Å². The molecule has 8 rings (SSSR count). The van der Waals surface area contributed by atoms with Gasteiger partial charge in [-0.2, -0.15) is 0 Å². The number of hydrogen-bond acceptors (Lipinski definition) is 9. The van der Waals surface area contributed by atoms with Gasteiger partial charge in [-0.25, -0.2) is 0 Å². The third-order valence-corrected chi connectivity index (χ3v) is 13.2. The van der Waals surface area contributed by atoms with Crippen LogP contribution in [-0.4, -0.2) is 100 Å². The Hall–Kier alpha value is -3.73. The number of Topliss-reactive ketones (excluding diaryl/α,β-unsaturated/α-hetero) is 2. The number of morpholine rings is 1. The van der Waals surface area contributed by atoms with Crippen molar-refractivity contribution in [3.05, 3.63) is 58.2 Å². The lowest BCUT2D eigenvalue weighted by Crippen LogP contribution is -2.82. The highest BCUT2D eigenvalue weighted by molar-refractivity contribution is 6.10. The Kier molecular flexibility index (Phi) is 10.3. The van der Waals surface area contributed by atoms with E-state index in [1.165, 1.54) is 11.6 Å². The molecule has 7 aliphatic rings. The fraction of sp³-hybridized carbons (Fsp3) is 0.622. The average Bonchev–Trinajstić information content (AvgIpc) is 3.27. The molecule has 2 saturated heterocycles. The standard InChI is InChI=1S/C45H60N2O8/c1-10-46(11-2)33(48)15-13-20-44-41(51)31-26-32(42(7,8)55-44)45(44)35(36(31)47-22-24-52-25-23-47)38(50)34-37(49)29-18-21-43(9,19-12-14-27(3)4)53-39(29)30(40(34)54-45)17-16-28(5)6/h13-16,18,21,31-32,35-36,49H,10-12,17,19-20,22-26H2,1-9H3/b15-13+/t31-,32?,35?,36?,43+,44-,45-/m0/s1. The van der Waals surface area contributed by atoms with Gasteiger partial charge in [0.2, 0.25) is 5.91 Å². The SMILES string of the molecule is CCN(CC)C(=O)/C=C/C[C@]12OC(C)(C)C3C[C@H](C1=O)C(N1CCOCC1)C1C(=O)c4c(O)c5c(c(CC=C(C)C)c4O[C@]132)O[C@](C)(CCC=C(C)C)C=C5. The predicted octanol–water partition coefficient (Wildman–Crippen LogP) is 7.02. The summed E-state index contributed by atoms with van der Waals surface area (Å²) >= 11 is 0. The third-order valence-electron chi connectivity index (χ3n) is 13.2. The molecule has 1 spiro atoms. The minimum absolute atomic E-state index is 0.0755. The number of phenols is 1. The van der Waals surface area contributed by atoms with E-state index in [4.69, 9.17) is 18.9 Å². The lowest BCUT2D eigenvalue weighted by molar-refractivity contribution is -0.215. The zero-order chi connectivity index (χ0) is 39.7. The minimum atomic E-state index is -1.55. The van der Waals surface area contributed by atoms with E-state index in [1.807, 2.05) is 60.6 Å². The van der Waals surface area contributed by atoms with E-state index in [9.17, 15) is 9.90 Å². The summed E-state index contributed by atoms with van der Waals surface area (Å²) in [7, 11) is 0. The fourth-order valence-electron chi connectivity index (χ4n) is 10.7. The van der Waals surface area contributed by atoms with E-state index in [0.29, 0.717) is 75.5 Å². The largest absolute Gasteiger partial charge is 0.506 e. The molecule has 5 fully saturated rings. The van der Waals surface area contributed by atoms with Crippen LogP contribution in [0.4, 0.5) is 0 Å². The van der Waals surface area contributed by atoms with Gasteiger partial charge in [0.05, 0.1) is 30.3 Å². The smallest absolute Gasteiger partial charge is 0.246 e. The maximum Gasteiger partial charge on any atom is 0.246 e. The Bertz CT molecular complexity index is 1870. The molecule has 298 valence electrons. The van der Waals surface area contributed by atoms with Crippen LogP contribution in [0.3, 0.4) is 0 Å². The van der Waals surface area contributed by atoms with Crippen LogP contribution in [0.25, 0.3) is 6.08 Å². The second-order valence-electron chi connectivity index (χ2n) is 17.6. The second kappa shape index (κ2) is 14.3. The number of hydrogen-bond donors (Lipinski definition) is 1. The van der Waals surface area contributed by atoms with Crippen LogP contribution in [0.1, 0.15) is 109 Å². The molecule has 55 heavy (non-hydrogen) atoms. The summed E-state index contributed by atoms with van der Waals surface area (Å²) in [6.45, 7) is 21.4. The lowest BCUT2D eigenvalue weighted by atomic mass is 9.44. The number of rotatable bonds is 11. The maximum atomic E-state index is 15.7. The first-order valence-corrected chi connectivity index (χ1v) is 20.4. The lowest BCUT2D eigenvalue weighted by Gasteiger charge is -2.64. The van der Waals surface area contributed by atoms with Crippen molar-refractivity contribution in [3.8, 4) is 17.2 Å². The van der Waals surface area contributed by atoms with Gasteiger partial charge in [0.25, 0.3) is 0 Å². The van der Waals surface area contributed by atoms with Crippen molar-refractivity contribution in [2.24, 2.45) is 17.8 Å². The molecule has 3 aliphatic carbocycles. The highest BCUT2D eigenvalue weighted by Gasteiger charge is 2.85. The Labute approximate surface area is 326 Å². The molecule has 4 bridgehead atoms. The molecule has 0 aromatic heterocycles. The number of carbonyl (C=O) groups excluding carboxylic acids is 3. The number of phenolic OH excluding ortho intramolecular Hbond substituents is 1. The molecule has 10 nitrogen and oxygen atoms in total. The molecule has 4 heterocycles. The van der Waals surface area contributed by atoms with Crippen LogP contribution >= 0.6 is 0 Å². The topological polar surface area (TPSA) is 115 Å². The molecule has 1 N–H and O–H groups in total. The van der Waals surface area contributed by atoms with Crippen molar-refractivity contribution in [1.29, 1.82) is 0 Å². The van der Waals surface area contributed by atoms with Crippen LogP contribution in [0.2, 0.25) is 0 Å². The van der Waals surface area contributed by atoms with Gasteiger partial charge in [0, 0.05) is 56.0 Å². The molecule has 7 atom stereocenters. The van der Waals surface area contributed by atoms with Gasteiger partial charge >= 0.3 is 0 Å². The normalized spacial score (nSPS) is 32.7. The molecule has 1 aromatic carbocycles. The molecule has 4 aliphatic heterocycles. The van der Waals surface area contributed by atoms with Gasteiger partial charge in [-0.05, 0) is 106 Å². The summed E-state index contributed by atoms with van der Waals surface area (Å²) in [6, 6.07) is -0.470. The fourth-order valence-corrected chi connectivity index (χ4v) is 10.7. The highest BCUT2D eigenvalue weighted by atomic mass is 16.6. The van der Waals surface area contributed by atoms with Crippen LogP contribution in [-0.2, 0) is 25.5 Å². The number of amides is 1.